The molecule has 0 spiro atoms. The summed E-state index contributed by atoms with van der Waals surface area (Å²) in [4.78, 5) is 19.8. The van der Waals surface area contributed by atoms with Crippen LogP contribution in [0.1, 0.15) is 0 Å². The standard InChI is InChI=1S/C50H32N4/c1-2-13-35(14-3-1)48-40-18-5-7-20-42(40)49(43-21-8-6-19-41(43)48)37-16-12-17-38(30-37)50-53-46(34-26-24-33(25-27-34)44-23-10-11-28-51-44)31-47(54-50)39-29-36-15-4-9-22-45(36)52-32-39/h1-32H. The fourth-order valence-corrected chi connectivity index (χ4v) is 7.60. The zero-order chi connectivity index (χ0) is 35.8. The third-order valence-electron chi connectivity index (χ3n) is 10.2. The lowest BCUT2D eigenvalue weighted by Crippen LogP contribution is -1.97. The molecule has 0 aliphatic carbocycles. The second-order valence-corrected chi connectivity index (χ2v) is 13.5. The van der Waals surface area contributed by atoms with E-state index < -0.39 is 0 Å². The van der Waals surface area contributed by atoms with E-state index in [2.05, 4.69) is 151 Å². The van der Waals surface area contributed by atoms with E-state index >= 15 is 0 Å². The zero-order valence-electron chi connectivity index (χ0n) is 29.3. The van der Waals surface area contributed by atoms with Crippen LogP contribution in [0.2, 0.25) is 0 Å². The molecule has 4 nitrogen and oxygen atoms in total. The molecule has 7 aromatic carbocycles. The van der Waals surface area contributed by atoms with Crippen LogP contribution in [-0.2, 0) is 0 Å². The van der Waals surface area contributed by atoms with Gasteiger partial charge in [-0.1, -0.05) is 146 Å². The first kappa shape index (κ1) is 31.4. The Bertz CT molecular complexity index is 2920. The van der Waals surface area contributed by atoms with Crippen LogP contribution in [0.3, 0.4) is 0 Å². The number of nitrogens with zero attached hydrogens (tertiary/aromatic N) is 4. The van der Waals surface area contributed by atoms with Crippen molar-refractivity contribution in [1.82, 2.24) is 19.9 Å². The van der Waals surface area contributed by atoms with Gasteiger partial charge in [-0.05, 0) is 80.2 Å². The lowest BCUT2D eigenvalue weighted by molar-refractivity contribution is 1.18. The maximum Gasteiger partial charge on any atom is 0.160 e. The molecule has 10 aromatic rings. The first-order chi connectivity index (χ1) is 26.8. The van der Waals surface area contributed by atoms with E-state index in [0.717, 1.165) is 55.8 Å². The summed E-state index contributed by atoms with van der Waals surface area (Å²) in [5.74, 6) is 0.654. The van der Waals surface area contributed by atoms with Crippen LogP contribution in [0.15, 0.2) is 194 Å². The molecule has 252 valence electrons. The van der Waals surface area contributed by atoms with Crippen molar-refractivity contribution in [2.24, 2.45) is 0 Å². The second-order valence-electron chi connectivity index (χ2n) is 13.5. The highest BCUT2D eigenvalue weighted by Crippen LogP contribution is 2.44. The molecule has 0 bridgehead atoms. The SMILES string of the molecule is c1ccc(-c2c3ccccc3c(-c3cccc(-c4nc(-c5ccc(-c6ccccn6)cc5)cc(-c5cnc6ccccc6c5)n4)c3)c3ccccc23)cc1. The van der Waals surface area contributed by atoms with Gasteiger partial charge in [0.1, 0.15) is 0 Å². The predicted molar refractivity (Wildman–Crippen MR) is 223 cm³/mol. The summed E-state index contributed by atoms with van der Waals surface area (Å²) in [5.41, 5.74) is 12.2. The molecule has 0 aliphatic heterocycles. The normalized spacial score (nSPS) is 11.3. The maximum absolute atomic E-state index is 5.23. The van der Waals surface area contributed by atoms with Crippen LogP contribution in [0.4, 0.5) is 0 Å². The highest BCUT2D eigenvalue weighted by atomic mass is 14.9. The van der Waals surface area contributed by atoms with E-state index in [1.165, 1.54) is 38.2 Å². The van der Waals surface area contributed by atoms with E-state index in [9.17, 15) is 0 Å². The van der Waals surface area contributed by atoms with Crippen molar-refractivity contribution in [1.29, 1.82) is 0 Å². The van der Waals surface area contributed by atoms with Crippen molar-refractivity contribution in [3.05, 3.63) is 194 Å². The summed E-state index contributed by atoms with van der Waals surface area (Å²) >= 11 is 0. The first-order valence-corrected chi connectivity index (χ1v) is 18.1. The average Bonchev–Trinajstić information content (AvgIpc) is 3.26. The number of pyridine rings is 2. The molecule has 0 aliphatic rings. The van der Waals surface area contributed by atoms with Gasteiger partial charge in [0.15, 0.2) is 5.82 Å². The minimum Gasteiger partial charge on any atom is -0.256 e. The number of rotatable bonds is 6. The van der Waals surface area contributed by atoms with Crippen LogP contribution in [-0.4, -0.2) is 19.9 Å². The van der Waals surface area contributed by atoms with Gasteiger partial charge in [-0.25, -0.2) is 9.97 Å². The zero-order valence-corrected chi connectivity index (χ0v) is 29.3. The molecular formula is C50H32N4. The van der Waals surface area contributed by atoms with Crippen LogP contribution in [0.5, 0.6) is 0 Å². The summed E-state index contributed by atoms with van der Waals surface area (Å²) < 4.78 is 0. The Morgan fingerprint density at radius 3 is 1.56 bits per heavy atom. The lowest BCUT2D eigenvalue weighted by atomic mass is 9.85. The molecule has 0 unspecified atom stereocenters. The van der Waals surface area contributed by atoms with Crippen LogP contribution < -0.4 is 0 Å². The number of hydrogen-bond acceptors (Lipinski definition) is 4. The summed E-state index contributed by atoms with van der Waals surface area (Å²) in [7, 11) is 0. The summed E-state index contributed by atoms with van der Waals surface area (Å²) in [6.45, 7) is 0. The molecule has 0 amide bonds. The van der Waals surface area contributed by atoms with E-state index in [1.807, 2.05) is 48.8 Å². The summed E-state index contributed by atoms with van der Waals surface area (Å²) in [6.07, 6.45) is 3.73. The molecule has 0 fully saturated rings. The Kier molecular flexibility index (Phi) is 7.77. The smallest absolute Gasteiger partial charge is 0.160 e. The van der Waals surface area contributed by atoms with Gasteiger partial charge in [0, 0.05) is 40.0 Å². The molecule has 10 rings (SSSR count). The monoisotopic (exact) mass is 688 g/mol. The number of benzene rings is 7. The quantitative estimate of drug-likeness (QED) is 0.163. The van der Waals surface area contributed by atoms with Crippen molar-refractivity contribution in [3.8, 4) is 67.4 Å². The van der Waals surface area contributed by atoms with Crippen LogP contribution in [0, 0.1) is 0 Å². The molecule has 0 saturated heterocycles. The van der Waals surface area contributed by atoms with Crippen LogP contribution in [0.25, 0.3) is 99.9 Å². The third-order valence-corrected chi connectivity index (χ3v) is 10.2. The molecule has 0 saturated carbocycles. The Balaban J connectivity index is 1.16. The molecule has 54 heavy (non-hydrogen) atoms. The van der Waals surface area contributed by atoms with Gasteiger partial charge in [0.2, 0.25) is 0 Å². The highest BCUT2D eigenvalue weighted by molar-refractivity contribution is 6.21. The Morgan fingerprint density at radius 1 is 0.315 bits per heavy atom. The van der Waals surface area contributed by atoms with Crippen molar-refractivity contribution in [3.63, 3.8) is 0 Å². The molecule has 0 N–H and O–H groups in total. The molecule has 3 heterocycles. The summed E-state index contributed by atoms with van der Waals surface area (Å²) in [6, 6.07) is 63.7. The van der Waals surface area contributed by atoms with Gasteiger partial charge in [0.05, 0.1) is 22.6 Å². The first-order valence-electron chi connectivity index (χ1n) is 18.1. The third kappa shape index (κ3) is 5.67. The molecule has 0 atom stereocenters. The predicted octanol–water partition coefficient (Wildman–Crippen LogP) is 12.7. The van der Waals surface area contributed by atoms with Crippen molar-refractivity contribution in [2.45, 2.75) is 0 Å². The largest absolute Gasteiger partial charge is 0.256 e. The van der Waals surface area contributed by atoms with E-state index in [-0.39, 0.29) is 0 Å². The van der Waals surface area contributed by atoms with Gasteiger partial charge in [-0.15, -0.1) is 0 Å². The van der Waals surface area contributed by atoms with Crippen LogP contribution >= 0.6 is 0 Å². The van der Waals surface area contributed by atoms with Crippen molar-refractivity contribution < 1.29 is 0 Å². The fraction of sp³-hybridized carbons (Fsp3) is 0. The average molecular weight is 689 g/mol. The number of para-hydroxylation sites is 1. The topological polar surface area (TPSA) is 51.6 Å². The maximum atomic E-state index is 5.23. The minimum atomic E-state index is 0.654. The number of aromatic nitrogens is 4. The Labute approximate surface area is 313 Å². The van der Waals surface area contributed by atoms with E-state index in [4.69, 9.17) is 15.0 Å². The molecular weight excluding hydrogens is 657 g/mol. The second kappa shape index (κ2) is 13.4. The highest BCUT2D eigenvalue weighted by Gasteiger charge is 2.18. The number of fused-ring (bicyclic) bond motifs is 3. The van der Waals surface area contributed by atoms with Gasteiger partial charge in [0.25, 0.3) is 0 Å². The Hall–Kier alpha value is -7.30. The summed E-state index contributed by atoms with van der Waals surface area (Å²) in [5, 5.41) is 5.93. The molecule has 4 heteroatoms. The van der Waals surface area contributed by atoms with Gasteiger partial charge in [-0.2, -0.15) is 0 Å². The van der Waals surface area contributed by atoms with E-state index in [0.29, 0.717) is 5.82 Å². The van der Waals surface area contributed by atoms with Gasteiger partial charge < -0.3 is 0 Å². The van der Waals surface area contributed by atoms with Gasteiger partial charge >= 0.3 is 0 Å². The van der Waals surface area contributed by atoms with Gasteiger partial charge in [-0.3, -0.25) is 9.97 Å². The lowest BCUT2D eigenvalue weighted by Gasteiger charge is -2.18. The van der Waals surface area contributed by atoms with Crippen molar-refractivity contribution in [2.75, 3.05) is 0 Å². The number of hydrogen-bond donors (Lipinski definition) is 0. The molecule has 3 aromatic heterocycles. The molecule has 0 radical (unpaired) electrons. The minimum absolute atomic E-state index is 0.654. The Morgan fingerprint density at radius 2 is 0.870 bits per heavy atom. The van der Waals surface area contributed by atoms with E-state index in [1.54, 1.807) is 0 Å². The van der Waals surface area contributed by atoms with Crippen molar-refractivity contribution >= 4 is 32.4 Å². The fourth-order valence-electron chi connectivity index (χ4n) is 7.60.